The molecule has 0 spiro atoms. The van der Waals surface area contributed by atoms with Crippen molar-refractivity contribution in [2.45, 2.75) is 25.8 Å². The van der Waals surface area contributed by atoms with Gasteiger partial charge in [-0.2, -0.15) is 0 Å². The summed E-state index contributed by atoms with van der Waals surface area (Å²) in [5, 5.41) is 0. The van der Waals surface area contributed by atoms with Crippen molar-refractivity contribution in [3.8, 4) is 0 Å². The number of carbonyl (C=O) groups is 1. The van der Waals surface area contributed by atoms with Crippen LogP contribution >= 0.6 is 0 Å². The van der Waals surface area contributed by atoms with Gasteiger partial charge in [0.25, 0.3) is 0 Å². The van der Waals surface area contributed by atoms with Crippen LogP contribution in [0.3, 0.4) is 0 Å². The van der Waals surface area contributed by atoms with Crippen molar-refractivity contribution in [2.24, 2.45) is 5.73 Å². The summed E-state index contributed by atoms with van der Waals surface area (Å²) in [4.78, 5) is 12.9. The second-order valence-corrected chi connectivity index (χ2v) is 3.05. The molecule has 0 aliphatic carbocycles. The van der Waals surface area contributed by atoms with Gasteiger partial charge < -0.3 is 15.4 Å². The molecule has 0 aromatic heterocycles. The molecule has 1 heterocycles. The molecule has 12 heavy (non-hydrogen) atoms. The first-order valence-corrected chi connectivity index (χ1v) is 4.41. The topological polar surface area (TPSA) is 55.6 Å². The lowest BCUT2D eigenvalue weighted by atomic mass is 10.1. The van der Waals surface area contributed by atoms with E-state index in [9.17, 15) is 4.79 Å². The van der Waals surface area contributed by atoms with Crippen LogP contribution in [-0.4, -0.2) is 36.7 Å². The fraction of sp³-hybridized carbons (Fsp3) is 0.875. The normalized spacial score (nSPS) is 23.8. The summed E-state index contributed by atoms with van der Waals surface area (Å²) in [5.41, 5.74) is 5.71. The fourth-order valence-electron chi connectivity index (χ4n) is 1.39. The molecule has 0 radical (unpaired) electrons. The molecule has 1 aliphatic heterocycles. The van der Waals surface area contributed by atoms with Crippen LogP contribution in [0.5, 0.6) is 0 Å². The highest BCUT2D eigenvalue weighted by Gasteiger charge is 2.21. The average molecular weight is 172 g/mol. The molecular formula is C8H16N2O2. The van der Waals surface area contributed by atoms with Gasteiger partial charge in [0.15, 0.2) is 0 Å². The van der Waals surface area contributed by atoms with E-state index in [2.05, 4.69) is 0 Å². The highest BCUT2D eigenvalue weighted by molar-refractivity contribution is 5.67. The highest BCUT2D eigenvalue weighted by atomic mass is 16.6. The summed E-state index contributed by atoms with van der Waals surface area (Å²) < 4.78 is 4.86. The third-order valence-corrected chi connectivity index (χ3v) is 1.98. The quantitative estimate of drug-likeness (QED) is 0.629. The van der Waals surface area contributed by atoms with Crippen LogP contribution in [0.15, 0.2) is 0 Å². The summed E-state index contributed by atoms with van der Waals surface area (Å²) in [6.07, 6.45) is 1.77. The molecule has 0 aromatic rings. The minimum Gasteiger partial charge on any atom is -0.450 e. The van der Waals surface area contributed by atoms with Gasteiger partial charge in [-0.25, -0.2) is 4.79 Å². The number of nitrogens with two attached hydrogens (primary N) is 1. The summed E-state index contributed by atoms with van der Waals surface area (Å²) in [6.45, 7) is 3.66. The predicted octanol–water partition coefficient (Wildman–Crippen LogP) is 0.566. The Hall–Kier alpha value is -0.770. The maximum absolute atomic E-state index is 11.2. The van der Waals surface area contributed by atoms with Gasteiger partial charge in [0.2, 0.25) is 0 Å². The van der Waals surface area contributed by atoms with Crippen LogP contribution in [0.1, 0.15) is 19.8 Å². The van der Waals surface area contributed by atoms with E-state index >= 15 is 0 Å². The van der Waals surface area contributed by atoms with Crippen molar-refractivity contribution in [3.05, 3.63) is 0 Å². The smallest absolute Gasteiger partial charge is 0.409 e. The van der Waals surface area contributed by atoms with Crippen LogP contribution in [-0.2, 0) is 4.74 Å². The minimum absolute atomic E-state index is 0.128. The fourth-order valence-corrected chi connectivity index (χ4v) is 1.39. The van der Waals surface area contributed by atoms with E-state index < -0.39 is 0 Å². The number of ether oxygens (including phenoxy) is 1. The van der Waals surface area contributed by atoms with Gasteiger partial charge in [-0.15, -0.1) is 0 Å². The standard InChI is InChI=1S/C8H16N2O2/c1-2-12-8(11)10-5-3-4-7(9)6-10/h7H,2-6,9H2,1H3. The molecular weight excluding hydrogens is 156 g/mol. The number of likely N-dealkylation sites (tertiary alicyclic amines) is 1. The maximum atomic E-state index is 11.2. The monoisotopic (exact) mass is 172 g/mol. The van der Waals surface area contributed by atoms with E-state index in [4.69, 9.17) is 10.5 Å². The van der Waals surface area contributed by atoms with Crippen molar-refractivity contribution < 1.29 is 9.53 Å². The van der Waals surface area contributed by atoms with Gasteiger partial charge in [0.1, 0.15) is 0 Å². The molecule has 1 saturated heterocycles. The number of piperidine rings is 1. The number of carbonyl (C=O) groups excluding carboxylic acids is 1. The second kappa shape index (κ2) is 4.30. The largest absolute Gasteiger partial charge is 0.450 e. The molecule has 1 rings (SSSR count). The molecule has 1 amide bonds. The molecule has 4 heteroatoms. The summed E-state index contributed by atoms with van der Waals surface area (Å²) in [5.74, 6) is 0. The molecule has 4 nitrogen and oxygen atoms in total. The number of hydrogen-bond acceptors (Lipinski definition) is 3. The Balaban J connectivity index is 2.35. The SMILES string of the molecule is CCOC(=O)N1CCCC(N)C1. The molecule has 0 bridgehead atoms. The lowest BCUT2D eigenvalue weighted by Crippen LogP contribution is -2.45. The van der Waals surface area contributed by atoms with Gasteiger partial charge in [0, 0.05) is 19.1 Å². The molecule has 2 N–H and O–H groups in total. The molecule has 70 valence electrons. The van der Waals surface area contributed by atoms with E-state index in [1.165, 1.54) is 0 Å². The number of amides is 1. The predicted molar refractivity (Wildman–Crippen MR) is 45.8 cm³/mol. The van der Waals surface area contributed by atoms with Gasteiger partial charge in [0.05, 0.1) is 6.61 Å². The van der Waals surface area contributed by atoms with E-state index in [0.717, 1.165) is 19.4 Å². The molecule has 0 saturated carbocycles. The molecule has 1 atom stereocenters. The number of hydrogen-bond donors (Lipinski definition) is 1. The third-order valence-electron chi connectivity index (χ3n) is 1.98. The first-order valence-electron chi connectivity index (χ1n) is 4.41. The average Bonchev–Trinajstić information content (AvgIpc) is 2.05. The van der Waals surface area contributed by atoms with Gasteiger partial charge in [-0.1, -0.05) is 0 Å². The van der Waals surface area contributed by atoms with Crippen molar-refractivity contribution in [1.29, 1.82) is 0 Å². The Kier molecular flexibility index (Phi) is 3.34. The minimum atomic E-state index is -0.229. The first kappa shape index (κ1) is 9.32. The molecule has 1 unspecified atom stereocenters. The van der Waals surface area contributed by atoms with E-state index in [1.807, 2.05) is 6.92 Å². The van der Waals surface area contributed by atoms with Crippen molar-refractivity contribution >= 4 is 6.09 Å². The summed E-state index contributed by atoms with van der Waals surface area (Å²) in [6, 6.07) is 0.128. The second-order valence-electron chi connectivity index (χ2n) is 3.05. The highest BCUT2D eigenvalue weighted by Crippen LogP contribution is 2.08. The Morgan fingerprint density at radius 2 is 2.50 bits per heavy atom. The Morgan fingerprint density at radius 1 is 1.75 bits per heavy atom. The molecule has 1 aliphatic rings. The maximum Gasteiger partial charge on any atom is 0.409 e. The molecule has 0 aromatic carbocycles. The van der Waals surface area contributed by atoms with Crippen molar-refractivity contribution in [1.82, 2.24) is 4.90 Å². The van der Waals surface area contributed by atoms with Crippen molar-refractivity contribution in [2.75, 3.05) is 19.7 Å². The van der Waals surface area contributed by atoms with Gasteiger partial charge in [-0.05, 0) is 19.8 Å². The number of nitrogens with zero attached hydrogens (tertiary/aromatic N) is 1. The zero-order valence-electron chi connectivity index (χ0n) is 7.45. The van der Waals surface area contributed by atoms with Gasteiger partial charge in [-0.3, -0.25) is 0 Å². The van der Waals surface area contributed by atoms with Crippen LogP contribution in [0.25, 0.3) is 0 Å². The van der Waals surface area contributed by atoms with Crippen LogP contribution in [0.2, 0.25) is 0 Å². The lowest BCUT2D eigenvalue weighted by molar-refractivity contribution is 0.0962. The lowest BCUT2D eigenvalue weighted by Gasteiger charge is -2.29. The Morgan fingerprint density at radius 3 is 3.08 bits per heavy atom. The van der Waals surface area contributed by atoms with Crippen LogP contribution < -0.4 is 5.73 Å². The van der Waals surface area contributed by atoms with E-state index in [-0.39, 0.29) is 12.1 Å². The van der Waals surface area contributed by atoms with Crippen LogP contribution in [0, 0.1) is 0 Å². The first-order chi connectivity index (χ1) is 5.74. The van der Waals surface area contributed by atoms with E-state index in [0.29, 0.717) is 13.2 Å². The summed E-state index contributed by atoms with van der Waals surface area (Å²) >= 11 is 0. The number of rotatable bonds is 1. The zero-order chi connectivity index (χ0) is 8.97. The zero-order valence-corrected chi connectivity index (χ0v) is 7.45. The Bertz CT molecular complexity index is 161. The molecule has 1 fully saturated rings. The van der Waals surface area contributed by atoms with Gasteiger partial charge >= 0.3 is 6.09 Å². The van der Waals surface area contributed by atoms with Crippen LogP contribution in [0.4, 0.5) is 4.79 Å². The van der Waals surface area contributed by atoms with Crippen molar-refractivity contribution in [3.63, 3.8) is 0 Å². The third kappa shape index (κ3) is 2.37. The Labute approximate surface area is 72.7 Å². The van der Waals surface area contributed by atoms with E-state index in [1.54, 1.807) is 4.90 Å². The summed E-state index contributed by atoms with van der Waals surface area (Å²) in [7, 11) is 0.